The maximum Gasteiger partial charge on any atom is 0.249 e. The molecule has 0 aliphatic carbocycles. The normalized spacial score (nSPS) is 11.6. The third-order valence-corrected chi connectivity index (χ3v) is 6.59. The molecule has 0 aliphatic rings. The lowest BCUT2D eigenvalue weighted by molar-refractivity contribution is 0.437. The maximum atomic E-state index is 15.2. The molecular weight excluding hydrogens is 528 g/mol. The molecule has 12 heteroatoms. The van der Waals surface area contributed by atoms with Gasteiger partial charge in [-0.3, -0.25) is 0 Å². The minimum Gasteiger partial charge on any atom is -0.453 e. The lowest BCUT2D eigenvalue weighted by Crippen LogP contribution is -1.98. The van der Waals surface area contributed by atoms with Crippen molar-refractivity contribution in [2.45, 2.75) is 11.3 Å². The summed E-state index contributed by atoms with van der Waals surface area (Å²) in [6.45, 7) is 0. The number of rotatable bonds is 6. The van der Waals surface area contributed by atoms with Crippen molar-refractivity contribution >= 4 is 50.3 Å². The van der Waals surface area contributed by atoms with Gasteiger partial charge >= 0.3 is 0 Å². The Hall–Kier alpha value is -2.85. The number of hydrogen-bond donors (Lipinski definition) is 1. The summed E-state index contributed by atoms with van der Waals surface area (Å²) in [6.07, 6.45) is 1.01. The monoisotopic (exact) mass is 541 g/mol. The van der Waals surface area contributed by atoms with Crippen LogP contribution in [-0.2, 0) is 16.3 Å². The number of anilines is 1. The van der Waals surface area contributed by atoms with Crippen LogP contribution >= 0.6 is 34.8 Å². The molecule has 176 valence electrons. The smallest absolute Gasteiger partial charge is 0.249 e. The molecule has 0 atom stereocenters. The number of nitrogen functional groups attached to an aromatic ring is 1. The van der Waals surface area contributed by atoms with Crippen LogP contribution in [0.15, 0.2) is 57.8 Å². The highest BCUT2D eigenvalue weighted by molar-refractivity contribution is 7.90. The van der Waals surface area contributed by atoms with E-state index in [-0.39, 0.29) is 50.2 Å². The van der Waals surface area contributed by atoms with Gasteiger partial charge in [0.15, 0.2) is 21.4 Å². The molecular formula is C22H15Cl3FN3O4S. The van der Waals surface area contributed by atoms with E-state index in [0.717, 1.165) is 6.26 Å². The summed E-state index contributed by atoms with van der Waals surface area (Å²) < 4.78 is 49.8. The van der Waals surface area contributed by atoms with Crippen molar-refractivity contribution in [3.8, 4) is 23.0 Å². The van der Waals surface area contributed by atoms with Crippen molar-refractivity contribution in [3.05, 3.63) is 80.9 Å². The third kappa shape index (κ3) is 5.28. The molecule has 2 N–H and O–H groups in total. The predicted octanol–water partition coefficient (Wildman–Crippen LogP) is 6.20. The number of ether oxygens (including phenoxy) is 1. The first kappa shape index (κ1) is 24.3. The highest BCUT2D eigenvalue weighted by Crippen LogP contribution is 2.36. The lowest BCUT2D eigenvalue weighted by Gasteiger charge is -2.12. The Kier molecular flexibility index (Phi) is 6.73. The van der Waals surface area contributed by atoms with Gasteiger partial charge in [-0.15, -0.1) is 10.2 Å². The Labute approximate surface area is 209 Å². The summed E-state index contributed by atoms with van der Waals surface area (Å²) >= 11 is 18.3. The molecule has 0 fully saturated rings. The topological polar surface area (TPSA) is 108 Å². The minimum absolute atomic E-state index is 0.0452. The Morgan fingerprint density at radius 1 is 1.03 bits per heavy atom. The van der Waals surface area contributed by atoms with Crippen LogP contribution in [-0.4, -0.2) is 24.9 Å². The summed E-state index contributed by atoms with van der Waals surface area (Å²) in [5.74, 6) is -0.561. The van der Waals surface area contributed by atoms with E-state index in [4.69, 9.17) is 49.7 Å². The molecule has 0 bridgehead atoms. The minimum atomic E-state index is -3.43. The maximum absolute atomic E-state index is 15.2. The molecule has 0 saturated heterocycles. The van der Waals surface area contributed by atoms with Gasteiger partial charge in [0.1, 0.15) is 5.75 Å². The number of halogens is 4. The van der Waals surface area contributed by atoms with E-state index < -0.39 is 15.7 Å². The lowest BCUT2D eigenvalue weighted by atomic mass is 10.1. The van der Waals surface area contributed by atoms with Crippen LogP contribution in [0.1, 0.15) is 11.5 Å². The molecule has 0 amide bonds. The zero-order valence-corrected chi connectivity index (χ0v) is 20.4. The van der Waals surface area contributed by atoms with Crippen LogP contribution in [0.25, 0.3) is 11.5 Å². The number of aromatic nitrogens is 2. The highest BCUT2D eigenvalue weighted by Gasteiger charge is 2.20. The first-order valence-electron chi connectivity index (χ1n) is 9.54. The largest absolute Gasteiger partial charge is 0.453 e. The molecule has 0 radical (unpaired) electrons. The van der Waals surface area contributed by atoms with E-state index >= 15 is 4.39 Å². The molecule has 1 aromatic heterocycles. The van der Waals surface area contributed by atoms with Crippen LogP contribution in [0.3, 0.4) is 0 Å². The van der Waals surface area contributed by atoms with E-state index in [1.165, 1.54) is 48.5 Å². The zero-order valence-electron chi connectivity index (χ0n) is 17.4. The van der Waals surface area contributed by atoms with Crippen molar-refractivity contribution in [2.75, 3.05) is 12.0 Å². The SMILES string of the molecule is CS(=O)(=O)c1ccc(-c2nnc(Cc3ccc(Cl)c(Oc4cc(N)cc(Cl)c4)c3F)o2)c(Cl)c1. The number of sulfone groups is 1. The second kappa shape index (κ2) is 9.42. The van der Waals surface area contributed by atoms with Gasteiger partial charge < -0.3 is 14.9 Å². The second-order valence-electron chi connectivity index (χ2n) is 7.26. The molecule has 3 aromatic carbocycles. The second-order valence-corrected chi connectivity index (χ2v) is 10.5. The average Bonchev–Trinajstić information content (AvgIpc) is 3.20. The summed E-state index contributed by atoms with van der Waals surface area (Å²) in [6, 6.07) is 11.6. The first-order chi connectivity index (χ1) is 16.0. The van der Waals surface area contributed by atoms with Gasteiger partial charge in [0.25, 0.3) is 0 Å². The Balaban J connectivity index is 1.60. The third-order valence-electron chi connectivity index (χ3n) is 4.65. The van der Waals surface area contributed by atoms with Gasteiger partial charge in [-0.2, -0.15) is 0 Å². The van der Waals surface area contributed by atoms with E-state index in [9.17, 15) is 8.42 Å². The molecule has 7 nitrogen and oxygen atoms in total. The fraction of sp³-hybridized carbons (Fsp3) is 0.0909. The summed E-state index contributed by atoms with van der Waals surface area (Å²) in [5.41, 5.74) is 6.62. The molecule has 0 aliphatic heterocycles. The van der Waals surface area contributed by atoms with Crippen LogP contribution in [0.4, 0.5) is 10.1 Å². The number of nitrogens with zero attached hydrogens (tertiary/aromatic N) is 2. The number of nitrogens with two attached hydrogens (primary N) is 1. The fourth-order valence-electron chi connectivity index (χ4n) is 3.06. The van der Waals surface area contributed by atoms with Crippen LogP contribution < -0.4 is 10.5 Å². The Morgan fingerprint density at radius 2 is 1.79 bits per heavy atom. The van der Waals surface area contributed by atoms with E-state index in [0.29, 0.717) is 16.3 Å². The van der Waals surface area contributed by atoms with E-state index in [1.807, 2.05) is 0 Å². The van der Waals surface area contributed by atoms with Crippen molar-refractivity contribution in [1.82, 2.24) is 10.2 Å². The predicted molar refractivity (Wildman–Crippen MR) is 128 cm³/mol. The van der Waals surface area contributed by atoms with Gasteiger partial charge in [-0.05, 0) is 36.4 Å². The molecule has 0 spiro atoms. The quantitative estimate of drug-likeness (QED) is 0.289. The Bertz CT molecular complexity index is 1490. The molecule has 0 saturated carbocycles. The van der Waals surface area contributed by atoms with Crippen LogP contribution in [0.5, 0.6) is 11.5 Å². The van der Waals surface area contributed by atoms with Crippen LogP contribution in [0.2, 0.25) is 15.1 Å². The van der Waals surface area contributed by atoms with Crippen molar-refractivity contribution in [1.29, 1.82) is 0 Å². The fourth-order valence-corrected chi connectivity index (χ4v) is 4.45. The number of benzene rings is 3. The first-order valence-corrected chi connectivity index (χ1v) is 12.6. The highest BCUT2D eigenvalue weighted by atomic mass is 35.5. The average molecular weight is 543 g/mol. The van der Waals surface area contributed by atoms with Gasteiger partial charge in [0.2, 0.25) is 11.8 Å². The molecule has 34 heavy (non-hydrogen) atoms. The zero-order chi connectivity index (χ0) is 24.6. The summed E-state index contributed by atoms with van der Waals surface area (Å²) in [7, 11) is -3.43. The van der Waals surface area contributed by atoms with Crippen molar-refractivity contribution < 1.29 is 22.0 Å². The van der Waals surface area contributed by atoms with Gasteiger partial charge in [-0.1, -0.05) is 40.9 Å². The van der Waals surface area contributed by atoms with Gasteiger partial charge in [0.05, 0.1) is 26.9 Å². The van der Waals surface area contributed by atoms with E-state index in [1.54, 1.807) is 0 Å². The van der Waals surface area contributed by atoms with Crippen molar-refractivity contribution in [2.24, 2.45) is 0 Å². The van der Waals surface area contributed by atoms with E-state index in [2.05, 4.69) is 10.2 Å². The van der Waals surface area contributed by atoms with Gasteiger partial charge in [0, 0.05) is 28.6 Å². The molecule has 0 unspecified atom stereocenters. The summed E-state index contributed by atoms with van der Waals surface area (Å²) in [5, 5.41) is 8.35. The number of hydrogen-bond acceptors (Lipinski definition) is 7. The standard InChI is InChI=1S/C22H15Cl3FN3O4S/c1-34(30,31)15-3-4-16(18(25)10-15)22-29-28-19(33-22)6-11-2-5-17(24)21(20(11)26)32-14-8-12(23)7-13(27)9-14/h2-5,7-10H,6,27H2,1H3. The Morgan fingerprint density at radius 3 is 2.47 bits per heavy atom. The summed E-state index contributed by atoms with van der Waals surface area (Å²) in [4.78, 5) is 0.0539. The van der Waals surface area contributed by atoms with Crippen molar-refractivity contribution in [3.63, 3.8) is 0 Å². The van der Waals surface area contributed by atoms with Crippen LogP contribution in [0, 0.1) is 5.82 Å². The van der Waals surface area contributed by atoms with Gasteiger partial charge in [-0.25, -0.2) is 12.8 Å². The molecule has 4 rings (SSSR count). The molecule has 4 aromatic rings. The molecule has 1 heterocycles.